The highest BCUT2D eigenvalue weighted by molar-refractivity contribution is 5.97. The van der Waals surface area contributed by atoms with E-state index in [0.29, 0.717) is 18.4 Å². The first-order valence-electron chi connectivity index (χ1n) is 9.72. The predicted molar refractivity (Wildman–Crippen MR) is 98.2 cm³/mol. The molecule has 0 aromatic carbocycles. The number of hydrogen-bond donors (Lipinski definition) is 2. The van der Waals surface area contributed by atoms with Crippen LogP contribution in [0.25, 0.3) is 0 Å². The minimum atomic E-state index is -1.12. The maximum Gasteiger partial charge on any atom is 0.318 e. The molecule has 27 heavy (non-hydrogen) atoms. The van der Waals surface area contributed by atoms with Gasteiger partial charge >= 0.3 is 12.0 Å². The quantitative estimate of drug-likeness (QED) is 0.698. The van der Waals surface area contributed by atoms with Gasteiger partial charge in [0.15, 0.2) is 6.10 Å². The van der Waals surface area contributed by atoms with Gasteiger partial charge in [-0.05, 0) is 24.2 Å². The van der Waals surface area contributed by atoms with Crippen molar-refractivity contribution in [3.05, 3.63) is 0 Å². The molecular formula is C19H31N3O5. The normalized spacial score (nSPS) is 29.5. The molecule has 8 heteroatoms. The van der Waals surface area contributed by atoms with Crippen molar-refractivity contribution in [3.63, 3.8) is 0 Å². The number of carbonyl (C=O) groups excluding carboxylic acids is 4. The van der Waals surface area contributed by atoms with Crippen molar-refractivity contribution in [2.24, 2.45) is 29.4 Å². The van der Waals surface area contributed by atoms with Gasteiger partial charge < -0.3 is 15.4 Å². The molecule has 3 N–H and O–H groups in total. The Morgan fingerprint density at radius 2 is 1.89 bits per heavy atom. The van der Waals surface area contributed by atoms with Gasteiger partial charge in [-0.15, -0.1) is 0 Å². The molecule has 0 spiro atoms. The van der Waals surface area contributed by atoms with Crippen LogP contribution in [0.2, 0.25) is 0 Å². The number of esters is 1. The molecule has 1 saturated heterocycles. The molecule has 1 aliphatic carbocycles. The largest absolute Gasteiger partial charge is 0.452 e. The van der Waals surface area contributed by atoms with E-state index in [0.717, 1.165) is 19.3 Å². The standard InChI is InChI=1S/C19H31N3O5/c1-10(2)16(17(24)21-19(20)26)27-18(25)13-8-15(23)22(9-13)14-7-5-6-11(3)12(14)4/h10-14,16H,5-9H2,1-4H3,(H3,20,21,24,26)/t11-,12+,13+,14-,16-/m0/s1. The van der Waals surface area contributed by atoms with Gasteiger partial charge in [-0.2, -0.15) is 0 Å². The van der Waals surface area contributed by atoms with Gasteiger partial charge in [-0.3, -0.25) is 19.7 Å². The van der Waals surface area contributed by atoms with Crippen molar-refractivity contribution in [3.8, 4) is 0 Å². The molecule has 0 unspecified atom stereocenters. The number of hydrogen-bond acceptors (Lipinski definition) is 5. The zero-order valence-corrected chi connectivity index (χ0v) is 16.6. The van der Waals surface area contributed by atoms with Crippen molar-refractivity contribution in [1.29, 1.82) is 0 Å². The number of imide groups is 1. The summed E-state index contributed by atoms with van der Waals surface area (Å²) in [6.45, 7) is 8.09. The summed E-state index contributed by atoms with van der Waals surface area (Å²) in [5, 5.41) is 1.95. The molecule has 0 bridgehead atoms. The number of rotatable bonds is 5. The van der Waals surface area contributed by atoms with E-state index in [1.807, 2.05) is 10.2 Å². The second kappa shape index (κ2) is 8.71. The van der Waals surface area contributed by atoms with Crippen molar-refractivity contribution < 1.29 is 23.9 Å². The molecular weight excluding hydrogens is 350 g/mol. The van der Waals surface area contributed by atoms with Crippen LogP contribution in [-0.2, 0) is 19.1 Å². The number of ether oxygens (including phenoxy) is 1. The lowest BCUT2D eigenvalue weighted by molar-refractivity contribution is -0.162. The van der Waals surface area contributed by atoms with Gasteiger partial charge in [0.2, 0.25) is 5.91 Å². The van der Waals surface area contributed by atoms with Crippen molar-refractivity contribution >= 4 is 23.8 Å². The van der Waals surface area contributed by atoms with Crippen LogP contribution >= 0.6 is 0 Å². The number of amides is 4. The summed E-state index contributed by atoms with van der Waals surface area (Å²) >= 11 is 0. The Bertz CT molecular complexity index is 606. The van der Waals surface area contributed by atoms with Crippen LogP contribution in [0.3, 0.4) is 0 Å². The van der Waals surface area contributed by atoms with E-state index in [9.17, 15) is 19.2 Å². The predicted octanol–water partition coefficient (Wildman–Crippen LogP) is 1.42. The first-order valence-corrected chi connectivity index (χ1v) is 9.72. The van der Waals surface area contributed by atoms with Gasteiger partial charge in [0, 0.05) is 19.0 Å². The van der Waals surface area contributed by atoms with Gasteiger partial charge in [-0.1, -0.05) is 40.5 Å². The topological polar surface area (TPSA) is 119 Å². The average Bonchev–Trinajstić information content (AvgIpc) is 2.95. The van der Waals surface area contributed by atoms with Crippen LogP contribution in [0.15, 0.2) is 0 Å². The van der Waals surface area contributed by atoms with E-state index in [2.05, 4.69) is 13.8 Å². The third kappa shape index (κ3) is 4.99. The van der Waals surface area contributed by atoms with Crippen molar-refractivity contribution in [2.75, 3.05) is 6.54 Å². The van der Waals surface area contributed by atoms with Crippen LogP contribution in [0.4, 0.5) is 4.79 Å². The molecule has 152 valence electrons. The number of nitrogens with zero attached hydrogens (tertiary/aromatic N) is 1. The molecule has 0 aromatic rings. The fourth-order valence-electron chi connectivity index (χ4n) is 4.11. The smallest absolute Gasteiger partial charge is 0.318 e. The fourth-order valence-corrected chi connectivity index (χ4v) is 4.11. The Morgan fingerprint density at radius 3 is 2.48 bits per heavy atom. The Kier molecular flexibility index (Phi) is 6.84. The summed E-state index contributed by atoms with van der Waals surface area (Å²) in [7, 11) is 0. The Morgan fingerprint density at radius 1 is 1.22 bits per heavy atom. The lowest BCUT2D eigenvalue weighted by atomic mass is 9.77. The van der Waals surface area contributed by atoms with Crippen LogP contribution in [-0.4, -0.2) is 47.4 Å². The van der Waals surface area contributed by atoms with Gasteiger partial charge in [0.25, 0.3) is 5.91 Å². The second-order valence-electron chi connectivity index (χ2n) is 8.24. The van der Waals surface area contributed by atoms with E-state index in [-0.39, 0.29) is 24.3 Å². The summed E-state index contributed by atoms with van der Waals surface area (Å²) in [6.07, 6.45) is 2.17. The molecule has 8 nitrogen and oxygen atoms in total. The number of urea groups is 1. The minimum absolute atomic E-state index is 0.0365. The molecule has 0 aromatic heterocycles. The monoisotopic (exact) mass is 381 g/mol. The third-order valence-corrected chi connectivity index (χ3v) is 5.91. The lowest BCUT2D eigenvalue weighted by Crippen LogP contribution is -2.47. The number of carbonyl (C=O) groups is 4. The van der Waals surface area contributed by atoms with Crippen LogP contribution in [0.1, 0.15) is 53.4 Å². The first-order chi connectivity index (χ1) is 12.6. The molecule has 1 saturated carbocycles. The van der Waals surface area contributed by atoms with Gasteiger partial charge in [0.05, 0.1) is 5.92 Å². The summed E-state index contributed by atoms with van der Waals surface area (Å²) in [5.74, 6) is -1.36. The summed E-state index contributed by atoms with van der Waals surface area (Å²) in [4.78, 5) is 49.8. The Balaban J connectivity index is 2.01. The highest BCUT2D eigenvalue weighted by Crippen LogP contribution is 2.36. The maximum absolute atomic E-state index is 12.6. The molecule has 2 fully saturated rings. The number of likely N-dealkylation sites (tertiary alicyclic amines) is 1. The van der Waals surface area contributed by atoms with Gasteiger partial charge in [0.1, 0.15) is 0 Å². The van der Waals surface area contributed by atoms with Crippen molar-refractivity contribution in [1.82, 2.24) is 10.2 Å². The van der Waals surface area contributed by atoms with E-state index < -0.39 is 29.9 Å². The minimum Gasteiger partial charge on any atom is -0.452 e. The number of nitrogens with one attached hydrogen (secondary N) is 1. The van der Waals surface area contributed by atoms with Gasteiger partial charge in [-0.25, -0.2) is 4.79 Å². The molecule has 4 amide bonds. The highest BCUT2D eigenvalue weighted by atomic mass is 16.5. The molecule has 1 aliphatic heterocycles. The van der Waals surface area contributed by atoms with E-state index in [1.54, 1.807) is 13.8 Å². The maximum atomic E-state index is 12.6. The van der Waals surface area contributed by atoms with Crippen LogP contribution in [0, 0.1) is 23.7 Å². The Labute approximate surface area is 160 Å². The number of primary amides is 1. The molecule has 1 heterocycles. The zero-order chi connectivity index (χ0) is 20.3. The summed E-state index contributed by atoms with van der Waals surface area (Å²) in [5.41, 5.74) is 4.96. The highest BCUT2D eigenvalue weighted by Gasteiger charge is 2.43. The fraction of sp³-hybridized carbons (Fsp3) is 0.789. The summed E-state index contributed by atoms with van der Waals surface area (Å²) < 4.78 is 5.35. The molecule has 0 radical (unpaired) electrons. The lowest BCUT2D eigenvalue weighted by Gasteiger charge is -2.40. The number of nitrogens with two attached hydrogens (primary N) is 1. The molecule has 5 atom stereocenters. The second-order valence-corrected chi connectivity index (χ2v) is 8.24. The summed E-state index contributed by atoms with van der Waals surface area (Å²) in [6, 6.07) is -0.845. The van der Waals surface area contributed by atoms with Crippen molar-refractivity contribution in [2.45, 2.75) is 65.5 Å². The average molecular weight is 381 g/mol. The van der Waals surface area contributed by atoms with E-state index in [1.165, 1.54) is 0 Å². The van der Waals surface area contributed by atoms with E-state index in [4.69, 9.17) is 10.5 Å². The zero-order valence-electron chi connectivity index (χ0n) is 16.6. The Hall–Kier alpha value is -2.12. The molecule has 2 rings (SSSR count). The van der Waals surface area contributed by atoms with Crippen LogP contribution < -0.4 is 11.1 Å². The first kappa shape index (κ1) is 21.2. The molecule has 2 aliphatic rings. The van der Waals surface area contributed by atoms with E-state index >= 15 is 0 Å². The third-order valence-electron chi connectivity index (χ3n) is 5.91. The SMILES string of the molecule is CC(C)[C@H](OC(=O)[C@@H]1CC(=O)N([C@H]2CCC[C@H](C)[C@H]2C)C1)C(=O)NC(N)=O. The van der Waals surface area contributed by atoms with Crippen LogP contribution in [0.5, 0.6) is 0 Å².